The van der Waals surface area contributed by atoms with Gasteiger partial charge in [0.1, 0.15) is 0 Å². The van der Waals surface area contributed by atoms with Gasteiger partial charge in [-0.3, -0.25) is 15.1 Å². The summed E-state index contributed by atoms with van der Waals surface area (Å²) in [5, 5.41) is 0. The van der Waals surface area contributed by atoms with Crippen LogP contribution in [0.4, 0.5) is 0 Å². The number of nitrogens with zero attached hydrogens (tertiary/aromatic N) is 1. The molecule has 0 radical (unpaired) electrons. The van der Waals surface area contributed by atoms with Gasteiger partial charge in [-0.05, 0) is 43.3 Å². The SMILES string of the molecule is CC(C)(C)C1CCN(Cc2ccoc2C(=O)NN)CC1. The third-order valence-electron chi connectivity index (χ3n) is 4.29. The molecule has 0 saturated carbocycles. The normalized spacial score (nSPS) is 18.2. The van der Waals surface area contributed by atoms with Crippen molar-refractivity contribution in [3.63, 3.8) is 0 Å². The minimum atomic E-state index is -0.366. The largest absolute Gasteiger partial charge is 0.459 e. The predicted octanol–water partition coefficient (Wildman–Crippen LogP) is 2.14. The molecule has 5 heteroatoms. The summed E-state index contributed by atoms with van der Waals surface area (Å²) < 4.78 is 5.22. The van der Waals surface area contributed by atoms with E-state index in [0.29, 0.717) is 11.2 Å². The van der Waals surface area contributed by atoms with E-state index in [0.717, 1.165) is 31.1 Å². The maximum Gasteiger partial charge on any atom is 0.301 e. The fourth-order valence-electron chi connectivity index (χ4n) is 2.92. The number of furan rings is 1. The van der Waals surface area contributed by atoms with Crippen LogP contribution in [-0.2, 0) is 6.54 Å². The second-order valence-electron chi connectivity index (χ2n) is 6.66. The quantitative estimate of drug-likeness (QED) is 0.505. The molecule has 1 saturated heterocycles. The van der Waals surface area contributed by atoms with Crippen LogP contribution in [-0.4, -0.2) is 23.9 Å². The highest BCUT2D eigenvalue weighted by molar-refractivity contribution is 5.92. The Hall–Kier alpha value is -1.33. The van der Waals surface area contributed by atoms with E-state index >= 15 is 0 Å². The number of nitrogen functional groups attached to an aromatic ring is 1. The van der Waals surface area contributed by atoms with E-state index in [1.807, 2.05) is 6.07 Å². The van der Waals surface area contributed by atoms with Gasteiger partial charge in [0.2, 0.25) is 0 Å². The van der Waals surface area contributed by atoms with Crippen molar-refractivity contribution in [1.82, 2.24) is 10.3 Å². The van der Waals surface area contributed by atoms with Crippen LogP contribution in [0.15, 0.2) is 16.7 Å². The molecule has 1 aromatic rings. The number of carbonyl (C=O) groups is 1. The first-order valence-corrected chi connectivity index (χ1v) is 7.21. The number of hydrazine groups is 1. The number of piperidine rings is 1. The second-order valence-corrected chi connectivity index (χ2v) is 6.66. The van der Waals surface area contributed by atoms with E-state index in [1.165, 1.54) is 12.8 Å². The van der Waals surface area contributed by atoms with Crippen LogP contribution in [0.25, 0.3) is 0 Å². The highest BCUT2D eigenvalue weighted by Crippen LogP contribution is 2.34. The molecule has 5 nitrogen and oxygen atoms in total. The van der Waals surface area contributed by atoms with Crippen LogP contribution in [0, 0.1) is 11.3 Å². The fraction of sp³-hybridized carbons (Fsp3) is 0.667. The lowest BCUT2D eigenvalue weighted by molar-refractivity contribution is 0.0915. The van der Waals surface area contributed by atoms with E-state index in [1.54, 1.807) is 6.26 Å². The van der Waals surface area contributed by atoms with E-state index < -0.39 is 0 Å². The number of amides is 1. The molecule has 0 aromatic carbocycles. The van der Waals surface area contributed by atoms with Crippen LogP contribution in [0.1, 0.15) is 49.7 Å². The molecule has 3 N–H and O–H groups in total. The molecular weight excluding hydrogens is 254 g/mol. The molecule has 1 aliphatic heterocycles. The molecule has 0 atom stereocenters. The Morgan fingerprint density at radius 1 is 1.45 bits per heavy atom. The lowest BCUT2D eigenvalue weighted by Crippen LogP contribution is -2.38. The number of likely N-dealkylation sites (tertiary alicyclic amines) is 1. The summed E-state index contributed by atoms with van der Waals surface area (Å²) in [6.45, 7) is 9.82. The van der Waals surface area contributed by atoms with Gasteiger partial charge in [0, 0.05) is 12.1 Å². The molecule has 1 amide bonds. The van der Waals surface area contributed by atoms with Crippen molar-refractivity contribution in [3.8, 4) is 0 Å². The first-order chi connectivity index (χ1) is 9.41. The third kappa shape index (κ3) is 3.41. The summed E-state index contributed by atoms with van der Waals surface area (Å²) in [4.78, 5) is 13.9. The Morgan fingerprint density at radius 2 is 2.10 bits per heavy atom. The van der Waals surface area contributed by atoms with Crippen molar-refractivity contribution in [1.29, 1.82) is 0 Å². The molecule has 1 aromatic heterocycles. The minimum absolute atomic E-state index is 0.324. The molecule has 0 spiro atoms. The highest BCUT2D eigenvalue weighted by Gasteiger charge is 2.29. The highest BCUT2D eigenvalue weighted by atomic mass is 16.3. The van der Waals surface area contributed by atoms with Crippen molar-refractivity contribution in [2.75, 3.05) is 13.1 Å². The molecule has 0 aliphatic carbocycles. The zero-order chi connectivity index (χ0) is 14.8. The van der Waals surface area contributed by atoms with Gasteiger partial charge < -0.3 is 4.42 Å². The van der Waals surface area contributed by atoms with Gasteiger partial charge in [-0.1, -0.05) is 20.8 Å². The summed E-state index contributed by atoms with van der Waals surface area (Å²) in [5.74, 6) is 5.89. The smallest absolute Gasteiger partial charge is 0.301 e. The number of hydrogen-bond donors (Lipinski definition) is 2. The summed E-state index contributed by atoms with van der Waals surface area (Å²) in [5.41, 5.74) is 3.41. The summed E-state index contributed by atoms with van der Waals surface area (Å²) in [6, 6.07) is 1.85. The van der Waals surface area contributed by atoms with E-state index in [2.05, 4.69) is 31.1 Å². The average Bonchev–Trinajstić information content (AvgIpc) is 2.85. The topological polar surface area (TPSA) is 71.5 Å². The van der Waals surface area contributed by atoms with Gasteiger partial charge in [-0.2, -0.15) is 0 Å². The van der Waals surface area contributed by atoms with Gasteiger partial charge in [0.25, 0.3) is 0 Å². The van der Waals surface area contributed by atoms with E-state index in [4.69, 9.17) is 10.3 Å². The van der Waals surface area contributed by atoms with Crippen LogP contribution >= 0.6 is 0 Å². The molecule has 0 unspecified atom stereocenters. The number of rotatable bonds is 3. The molecular formula is C15H25N3O2. The summed E-state index contributed by atoms with van der Waals surface area (Å²) in [6.07, 6.45) is 3.96. The zero-order valence-corrected chi connectivity index (χ0v) is 12.6. The monoisotopic (exact) mass is 279 g/mol. The predicted molar refractivity (Wildman–Crippen MR) is 77.8 cm³/mol. The lowest BCUT2D eigenvalue weighted by Gasteiger charge is -2.38. The van der Waals surface area contributed by atoms with Crippen LogP contribution in [0.5, 0.6) is 0 Å². The first-order valence-electron chi connectivity index (χ1n) is 7.21. The first kappa shape index (κ1) is 15.1. The standard InChI is InChI=1S/C15H25N3O2/c1-15(2,3)12-4-7-18(8-5-12)10-11-6-9-20-13(11)14(19)17-16/h6,9,12H,4-5,7-8,10,16H2,1-3H3,(H,17,19). The Balaban J connectivity index is 1.93. The summed E-state index contributed by atoms with van der Waals surface area (Å²) >= 11 is 0. The van der Waals surface area contributed by atoms with Gasteiger partial charge >= 0.3 is 5.91 Å². The Labute approximate surface area is 120 Å². The fourth-order valence-corrected chi connectivity index (χ4v) is 2.92. The average molecular weight is 279 g/mol. The number of nitrogens with two attached hydrogens (primary N) is 1. The van der Waals surface area contributed by atoms with Gasteiger partial charge in [0.15, 0.2) is 5.76 Å². The van der Waals surface area contributed by atoms with Crippen LogP contribution < -0.4 is 11.3 Å². The number of hydrogen-bond acceptors (Lipinski definition) is 4. The summed E-state index contributed by atoms with van der Waals surface area (Å²) in [7, 11) is 0. The minimum Gasteiger partial charge on any atom is -0.459 e. The van der Waals surface area contributed by atoms with E-state index in [9.17, 15) is 4.79 Å². The van der Waals surface area contributed by atoms with Gasteiger partial charge in [-0.25, -0.2) is 5.84 Å². The van der Waals surface area contributed by atoms with Gasteiger partial charge in [0.05, 0.1) is 6.26 Å². The number of carbonyl (C=O) groups excluding carboxylic acids is 1. The molecule has 2 rings (SSSR count). The van der Waals surface area contributed by atoms with E-state index in [-0.39, 0.29) is 5.91 Å². The van der Waals surface area contributed by atoms with Crippen molar-refractivity contribution in [2.45, 2.75) is 40.2 Å². The zero-order valence-electron chi connectivity index (χ0n) is 12.6. The van der Waals surface area contributed by atoms with Crippen molar-refractivity contribution in [2.24, 2.45) is 17.2 Å². The van der Waals surface area contributed by atoms with Crippen molar-refractivity contribution in [3.05, 3.63) is 23.7 Å². The molecule has 1 fully saturated rings. The maximum absolute atomic E-state index is 11.6. The van der Waals surface area contributed by atoms with Crippen molar-refractivity contribution >= 4 is 5.91 Å². The number of nitrogens with one attached hydrogen (secondary N) is 1. The van der Waals surface area contributed by atoms with Crippen LogP contribution in [0.3, 0.4) is 0 Å². The maximum atomic E-state index is 11.6. The Kier molecular flexibility index (Phi) is 4.50. The van der Waals surface area contributed by atoms with Crippen LogP contribution in [0.2, 0.25) is 0 Å². The third-order valence-corrected chi connectivity index (χ3v) is 4.29. The second kappa shape index (κ2) is 5.97. The molecule has 0 bridgehead atoms. The van der Waals surface area contributed by atoms with Gasteiger partial charge in [-0.15, -0.1) is 0 Å². The molecule has 1 aliphatic rings. The molecule has 2 heterocycles. The Bertz CT molecular complexity index is 454. The molecule has 20 heavy (non-hydrogen) atoms. The Morgan fingerprint density at radius 3 is 2.65 bits per heavy atom. The lowest BCUT2D eigenvalue weighted by atomic mass is 9.75. The molecule has 112 valence electrons. The van der Waals surface area contributed by atoms with Crippen molar-refractivity contribution < 1.29 is 9.21 Å².